The quantitative estimate of drug-likeness (QED) is 0.310. The van der Waals surface area contributed by atoms with Crippen molar-refractivity contribution in [1.29, 1.82) is 0 Å². The number of carbonyl (C=O) groups excluding carboxylic acids is 2. The van der Waals surface area contributed by atoms with Crippen molar-refractivity contribution in [2.24, 2.45) is 0 Å². The molecule has 2 fully saturated rings. The molecule has 8 heteroatoms. The zero-order valence-electron chi connectivity index (χ0n) is 20.2. The Hall–Kier alpha value is -3.75. The number of benzene rings is 2. The maximum Gasteiger partial charge on any atom is 0.295 e. The molecule has 1 N–H and O–H groups in total. The summed E-state index contributed by atoms with van der Waals surface area (Å²) in [5, 5.41) is 13.2. The number of rotatable bonds is 7. The van der Waals surface area contributed by atoms with Gasteiger partial charge in [-0.2, -0.15) is 0 Å². The molecule has 5 rings (SSSR count). The van der Waals surface area contributed by atoms with Crippen molar-refractivity contribution in [2.75, 3.05) is 46.5 Å². The summed E-state index contributed by atoms with van der Waals surface area (Å²) in [5.41, 5.74) is 1.09. The second-order valence-corrected chi connectivity index (χ2v) is 8.98. The van der Waals surface area contributed by atoms with E-state index in [2.05, 4.69) is 9.88 Å². The first kappa shape index (κ1) is 24.0. The van der Waals surface area contributed by atoms with E-state index in [4.69, 9.17) is 9.47 Å². The first-order chi connectivity index (χ1) is 17.6. The highest BCUT2D eigenvalue weighted by Gasteiger charge is 2.46. The van der Waals surface area contributed by atoms with Crippen LogP contribution in [0.2, 0.25) is 0 Å². The van der Waals surface area contributed by atoms with E-state index in [0.29, 0.717) is 37.4 Å². The van der Waals surface area contributed by atoms with Crippen LogP contribution in [0.5, 0.6) is 5.75 Å². The molecule has 1 aromatic heterocycles. The molecule has 2 aliphatic rings. The van der Waals surface area contributed by atoms with Crippen LogP contribution in [-0.4, -0.2) is 78.1 Å². The molecule has 2 aromatic carbocycles. The number of pyridine rings is 1. The van der Waals surface area contributed by atoms with Crippen molar-refractivity contribution >= 4 is 28.2 Å². The van der Waals surface area contributed by atoms with Crippen LogP contribution in [0.3, 0.4) is 0 Å². The lowest BCUT2D eigenvalue weighted by Crippen LogP contribution is -2.39. The molecule has 0 saturated carbocycles. The Kier molecular flexibility index (Phi) is 6.97. The number of ketones is 1. The number of nitrogens with zero attached hydrogens (tertiary/aromatic N) is 3. The Morgan fingerprint density at radius 3 is 2.58 bits per heavy atom. The van der Waals surface area contributed by atoms with Gasteiger partial charge in [0.2, 0.25) is 0 Å². The van der Waals surface area contributed by atoms with E-state index in [1.54, 1.807) is 36.4 Å². The van der Waals surface area contributed by atoms with Gasteiger partial charge in [-0.15, -0.1) is 0 Å². The average Bonchev–Trinajstić information content (AvgIpc) is 3.18. The number of methoxy groups -OCH3 is 1. The summed E-state index contributed by atoms with van der Waals surface area (Å²) in [4.78, 5) is 34.7. The number of amides is 1. The third-order valence-corrected chi connectivity index (χ3v) is 6.81. The fourth-order valence-corrected chi connectivity index (χ4v) is 4.90. The number of carbonyl (C=O) groups is 2. The molecule has 0 spiro atoms. The zero-order chi connectivity index (χ0) is 25.1. The lowest BCUT2D eigenvalue weighted by atomic mass is 9.97. The zero-order valence-corrected chi connectivity index (χ0v) is 20.2. The lowest BCUT2D eigenvalue weighted by molar-refractivity contribution is -0.140. The van der Waals surface area contributed by atoms with Gasteiger partial charge in [0.15, 0.2) is 0 Å². The summed E-state index contributed by atoms with van der Waals surface area (Å²) in [6, 6.07) is 15.7. The molecular weight excluding hydrogens is 458 g/mol. The van der Waals surface area contributed by atoms with Crippen LogP contribution in [0.25, 0.3) is 16.5 Å². The van der Waals surface area contributed by atoms with Crippen molar-refractivity contribution in [3.05, 3.63) is 77.6 Å². The summed E-state index contributed by atoms with van der Waals surface area (Å²) in [7, 11) is 1.61. The largest absolute Gasteiger partial charge is 0.507 e. The number of aliphatic hydroxyl groups is 1. The van der Waals surface area contributed by atoms with Crippen molar-refractivity contribution in [1.82, 2.24) is 14.8 Å². The molecule has 0 aliphatic carbocycles. The summed E-state index contributed by atoms with van der Waals surface area (Å²) in [5.74, 6) is -0.765. The summed E-state index contributed by atoms with van der Waals surface area (Å²) in [6.45, 7) is 4.31. The normalized spacial score (nSPS) is 20.2. The second kappa shape index (κ2) is 10.5. The molecule has 2 saturated heterocycles. The fraction of sp³-hybridized carbons (Fsp3) is 0.321. The maximum absolute atomic E-state index is 13.2. The first-order valence-electron chi connectivity index (χ1n) is 12.1. The Bertz CT molecular complexity index is 1300. The third-order valence-electron chi connectivity index (χ3n) is 6.81. The van der Waals surface area contributed by atoms with Gasteiger partial charge in [0.1, 0.15) is 17.6 Å². The van der Waals surface area contributed by atoms with Gasteiger partial charge >= 0.3 is 0 Å². The molecule has 1 unspecified atom stereocenters. The molecule has 3 aromatic rings. The minimum absolute atomic E-state index is 0.0675. The van der Waals surface area contributed by atoms with Gasteiger partial charge in [-0.05, 0) is 47.5 Å². The Balaban J connectivity index is 1.49. The molecule has 1 amide bonds. The van der Waals surface area contributed by atoms with Crippen molar-refractivity contribution in [3.63, 3.8) is 0 Å². The van der Waals surface area contributed by atoms with Crippen molar-refractivity contribution in [3.8, 4) is 5.75 Å². The van der Waals surface area contributed by atoms with E-state index < -0.39 is 17.7 Å². The number of likely N-dealkylation sites (tertiary alicyclic amines) is 1. The number of Topliss-reactive ketones (excluding diaryl/α,β-unsaturated/α-hetero) is 1. The second-order valence-electron chi connectivity index (χ2n) is 8.98. The molecule has 8 nitrogen and oxygen atoms in total. The number of ether oxygens (including phenoxy) is 2. The number of fused-ring (bicyclic) bond motifs is 1. The van der Waals surface area contributed by atoms with Gasteiger partial charge in [-0.1, -0.05) is 24.3 Å². The molecule has 2 aliphatic heterocycles. The standard InChI is InChI=1S/C28H29N3O5/c1-35-22-9-8-19-17-21(7-6-20(19)18-22)26(32)24-25(23-5-2-3-10-29-23)31(28(34)27(24)33)12-4-11-30-13-15-36-16-14-30/h2-3,5-10,17-18,25,32H,4,11-16H2,1H3/b26-24+. The van der Waals surface area contributed by atoms with Gasteiger partial charge in [0.25, 0.3) is 11.7 Å². The van der Waals surface area contributed by atoms with Crippen LogP contribution in [0.1, 0.15) is 23.7 Å². The highest BCUT2D eigenvalue weighted by Crippen LogP contribution is 2.39. The number of aromatic nitrogens is 1. The van der Waals surface area contributed by atoms with Crippen molar-refractivity contribution in [2.45, 2.75) is 12.5 Å². The van der Waals surface area contributed by atoms with Crippen molar-refractivity contribution < 1.29 is 24.2 Å². The first-order valence-corrected chi connectivity index (χ1v) is 12.1. The molecule has 0 bridgehead atoms. The van der Waals surface area contributed by atoms with E-state index in [0.717, 1.165) is 36.2 Å². The summed E-state index contributed by atoms with van der Waals surface area (Å²) >= 11 is 0. The van der Waals surface area contributed by atoms with Crippen LogP contribution >= 0.6 is 0 Å². The molecular formula is C28H29N3O5. The van der Waals surface area contributed by atoms with Gasteiger partial charge in [-0.25, -0.2) is 0 Å². The smallest absolute Gasteiger partial charge is 0.295 e. The Morgan fingerprint density at radius 1 is 1.06 bits per heavy atom. The summed E-state index contributed by atoms with van der Waals surface area (Å²) < 4.78 is 10.7. The average molecular weight is 488 g/mol. The predicted octanol–water partition coefficient (Wildman–Crippen LogP) is 3.39. The predicted molar refractivity (Wildman–Crippen MR) is 136 cm³/mol. The maximum atomic E-state index is 13.2. The fourth-order valence-electron chi connectivity index (χ4n) is 4.90. The number of hydrogen-bond donors (Lipinski definition) is 1. The highest BCUT2D eigenvalue weighted by molar-refractivity contribution is 6.46. The van der Waals surface area contributed by atoms with Gasteiger partial charge in [-0.3, -0.25) is 19.5 Å². The van der Waals surface area contributed by atoms with E-state index in [9.17, 15) is 14.7 Å². The molecule has 36 heavy (non-hydrogen) atoms. The van der Waals surface area contributed by atoms with Gasteiger partial charge < -0.3 is 19.5 Å². The molecule has 1 atom stereocenters. The van der Waals surface area contributed by atoms with Gasteiger partial charge in [0.05, 0.1) is 31.6 Å². The van der Waals surface area contributed by atoms with Gasteiger partial charge in [0, 0.05) is 37.9 Å². The lowest BCUT2D eigenvalue weighted by Gasteiger charge is -2.28. The SMILES string of the molecule is COc1ccc2cc(/C(O)=C3\C(=O)C(=O)N(CCCN4CCOCC4)C3c3ccccn3)ccc2c1. The minimum atomic E-state index is -0.748. The van der Waals surface area contributed by atoms with Crippen LogP contribution in [0, 0.1) is 0 Å². The van der Waals surface area contributed by atoms with Crippen LogP contribution in [0.15, 0.2) is 66.4 Å². The highest BCUT2D eigenvalue weighted by atomic mass is 16.5. The number of hydrogen-bond acceptors (Lipinski definition) is 7. The monoisotopic (exact) mass is 487 g/mol. The Morgan fingerprint density at radius 2 is 1.83 bits per heavy atom. The van der Waals surface area contributed by atoms with Crippen LogP contribution in [0.4, 0.5) is 0 Å². The third kappa shape index (κ3) is 4.69. The number of aliphatic hydroxyl groups excluding tert-OH is 1. The molecule has 0 radical (unpaired) electrons. The van der Waals surface area contributed by atoms with E-state index >= 15 is 0 Å². The molecule has 3 heterocycles. The minimum Gasteiger partial charge on any atom is -0.507 e. The van der Waals surface area contributed by atoms with E-state index in [1.807, 2.05) is 36.4 Å². The van der Waals surface area contributed by atoms with E-state index in [-0.39, 0.29) is 11.3 Å². The topological polar surface area (TPSA) is 92.2 Å². The molecule has 186 valence electrons. The Labute approximate surface area is 209 Å². The van der Waals surface area contributed by atoms with Crippen LogP contribution < -0.4 is 4.74 Å². The summed E-state index contributed by atoms with van der Waals surface area (Å²) in [6.07, 6.45) is 2.33. The number of morpholine rings is 1. The van der Waals surface area contributed by atoms with Crippen LogP contribution in [-0.2, 0) is 14.3 Å². The van der Waals surface area contributed by atoms with E-state index in [1.165, 1.54) is 0 Å².